The fourth-order valence-electron chi connectivity index (χ4n) is 3.82. The highest BCUT2D eigenvalue weighted by molar-refractivity contribution is 5.68. The Labute approximate surface area is 173 Å². The molecule has 0 spiro atoms. The smallest absolute Gasteiger partial charge is 0.161 e. The molecule has 3 aromatic heterocycles. The summed E-state index contributed by atoms with van der Waals surface area (Å²) in [6.45, 7) is 4.20. The number of halogens is 1. The highest BCUT2D eigenvalue weighted by atomic mass is 19.1. The minimum absolute atomic E-state index is 0.255. The van der Waals surface area contributed by atoms with Crippen molar-refractivity contribution < 1.29 is 9.50 Å². The van der Waals surface area contributed by atoms with Gasteiger partial charge in [0.1, 0.15) is 17.4 Å². The number of benzene rings is 1. The van der Waals surface area contributed by atoms with Gasteiger partial charge in [0, 0.05) is 35.3 Å². The lowest BCUT2D eigenvalue weighted by molar-refractivity contribution is 0.475. The summed E-state index contributed by atoms with van der Waals surface area (Å²) < 4.78 is 15.6. The molecule has 2 atom stereocenters. The molecule has 4 aromatic rings. The van der Waals surface area contributed by atoms with Crippen LogP contribution in [0.4, 0.5) is 10.2 Å². The van der Waals surface area contributed by atoms with E-state index in [2.05, 4.69) is 29.2 Å². The maximum Gasteiger partial charge on any atom is 0.161 e. The molecule has 5 rings (SSSR count). The molecule has 2 N–H and O–H groups in total. The van der Waals surface area contributed by atoms with Gasteiger partial charge < -0.3 is 10.4 Å². The van der Waals surface area contributed by atoms with Crippen LogP contribution in [0.5, 0.6) is 5.75 Å². The topological polar surface area (TPSA) is 75.3 Å². The first-order valence-corrected chi connectivity index (χ1v) is 10.0. The van der Waals surface area contributed by atoms with Gasteiger partial charge >= 0.3 is 0 Å². The number of aromatic hydroxyl groups is 1. The molecular formula is C23H22FN5O. The number of hydrogen-bond donors (Lipinski definition) is 2. The summed E-state index contributed by atoms with van der Waals surface area (Å²) in [5.41, 5.74) is 4.27. The number of phenolic OH excluding ortho intramolecular Hbond substituents is 1. The van der Waals surface area contributed by atoms with Crippen molar-refractivity contribution in [2.75, 3.05) is 5.32 Å². The van der Waals surface area contributed by atoms with Gasteiger partial charge in [-0.1, -0.05) is 26.0 Å². The summed E-state index contributed by atoms with van der Waals surface area (Å²) in [5, 5.41) is 17.7. The van der Waals surface area contributed by atoms with Crippen LogP contribution in [0.2, 0.25) is 0 Å². The van der Waals surface area contributed by atoms with Crippen molar-refractivity contribution in [3.63, 3.8) is 0 Å². The number of hydrogen-bond acceptors (Lipinski definition) is 5. The van der Waals surface area contributed by atoms with Crippen LogP contribution in [0.15, 0.2) is 55.0 Å². The molecule has 1 fully saturated rings. The molecule has 152 valence electrons. The molecule has 1 aliphatic rings. The van der Waals surface area contributed by atoms with E-state index < -0.39 is 5.82 Å². The third-order valence-electron chi connectivity index (χ3n) is 5.57. The predicted octanol–water partition coefficient (Wildman–Crippen LogP) is 4.73. The zero-order valence-electron chi connectivity index (χ0n) is 16.7. The molecule has 30 heavy (non-hydrogen) atoms. The van der Waals surface area contributed by atoms with Crippen molar-refractivity contribution in [2.24, 2.45) is 0 Å². The second-order valence-corrected chi connectivity index (χ2v) is 8.09. The summed E-state index contributed by atoms with van der Waals surface area (Å²) in [5.74, 6) is 1.32. The summed E-state index contributed by atoms with van der Waals surface area (Å²) in [7, 11) is 0. The van der Waals surface area contributed by atoms with Crippen molar-refractivity contribution in [2.45, 2.75) is 38.1 Å². The highest BCUT2D eigenvalue weighted by Crippen LogP contribution is 2.43. The number of rotatable bonds is 5. The van der Waals surface area contributed by atoms with Crippen LogP contribution in [-0.4, -0.2) is 30.7 Å². The summed E-state index contributed by atoms with van der Waals surface area (Å²) in [6, 6.07) is 10.9. The lowest BCUT2D eigenvalue weighted by Crippen LogP contribution is -2.10. The second kappa shape index (κ2) is 7.09. The van der Waals surface area contributed by atoms with Crippen LogP contribution < -0.4 is 5.32 Å². The van der Waals surface area contributed by atoms with Crippen molar-refractivity contribution in [3.8, 4) is 17.0 Å². The Balaban J connectivity index is 1.53. The average Bonchev–Trinajstić information content (AvgIpc) is 3.34. The minimum atomic E-state index is -0.393. The molecule has 0 saturated heterocycles. The van der Waals surface area contributed by atoms with Crippen LogP contribution >= 0.6 is 0 Å². The minimum Gasteiger partial charge on any atom is -0.508 e. The molecule has 1 saturated carbocycles. The lowest BCUT2D eigenvalue weighted by Gasteiger charge is -2.12. The van der Waals surface area contributed by atoms with E-state index in [0.717, 1.165) is 23.4 Å². The number of pyridine rings is 1. The Kier molecular flexibility index (Phi) is 4.38. The van der Waals surface area contributed by atoms with Crippen LogP contribution in [0.25, 0.3) is 16.9 Å². The average molecular weight is 403 g/mol. The number of phenols is 1. The van der Waals surface area contributed by atoms with Gasteiger partial charge in [0.05, 0.1) is 18.1 Å². The summed E-state index contributed by atoms with van der Waals surface area (Å²) in [4.78, 5) is 8.74. The molecule has 7 heteroatoms. The first-order valence-electron chi connectivity index (χ1n) is 10.0. The third kappa shape index (κ3) is 3.36. The van der Waals surface area contributed by atoms with Gasteiger partial charge in [-0.05, 0) is 36.1 Å². The van der Waals surface area contributed by atoms with Crippen LogP contribution in [0.1, 0.15) is 43.2 Å². The van der Waals surface area contributed by atoms with Gasteiger partial charge in [0.2, 0.25) is 0 Å². The maximum atomic E-state index is 13.8. The predicted molar refractivity (Wildman–Crippen MR) is 113 cm³/mol. The normalized spacial score (nSPS) is 18.1. The molecule has 0 amide bonds. The van der Waals surface area contributed by atoms with E-state index in [1.54, 1.807) is 18.3 Å². The first-order chi connectivity index (χ1) is 14.5. The Morgan fingerprint density at radius 2 is 1.93 bits per heavy atom. The zero-order chi connectivity index (χ0) is 20.8. The Hall–Kier alpha value is -3.48. The van der Waals surface area contributed by atoms with E-state index in [1.165, 1.54) is 17.8 Å². The SMILES string of the molecule is CC(C)c1cnn2c(NC3CC3c3ccc(O)cc3)cc(-c3cncc(F)c3)nc12. The van der Waals surface area contributed by atoms with E-state index in [0.29, 0.717) is 17.2 Å². The van der Waals surface area contributed by atoms with Crippen molar-refractivity contribution in [1.82, 2.24) is 19.6 Å². The largest absolute Gasteiger partial charge is 0.508 e. The Bertz CT molecular complexity index is 1220. The molecular weight excluding hydrogens is 381 g/mol. The molecule has 1 aliphatic carbocycles. The summed E-state index contributed by atoms with van der Waals surface area (Å²) >= 11 is 0. The van der Waals surface area contributed by atoms with Crippen molar-refractivity contribution >= 4 is 11.5 Å². The number of aromatic nitrogens is 4. The van der Waals surface area contributed by atoms with Gasteiger partial charge in [0.15, 0.2) is 5.65 Å². The molecule has 0 aliphatic heterocycles. The van der Waals surface area contributed by atoms with Gasteiger partial charge in [0.25, 0.3) is 0 Å². The fraction of sp³-hybridized carbons (Fsp3) is 0.261. The monoisotopic (exact) mass is 403 g/mol. The van der Waals surface area contributed by atoms with Crippen molar-refractivity contribution in [1.29, 1.82) is 0 Å². The van der Waals surface area contributed by atoms with Gasteiger partial charge in [-0.15, -0.1) is 0 Å². The quantitative estimate of drug-likeness (QED) is 0.504. The Morgan fingerprint density at radius 3 is 2.67 bits per heavy atom. The molecule has 0 bridgehead atoms. The molecule has 3 heterocycles. The standard InChI is InChI=1S/C23H22FN5O/c1-13(2)19-12-26-29-22(27-21-8-18(21)14-3-5-17(30)6-4-14)9-20(28-23(19)29)15-7-16(24)11-25-10-15/h3-7,9-13,18,21,27,30H,8H2,1-2H3. The molecule has 2 unspecified atom stereocenters. The fourth-order valence-corrected chi connectivity index (χ4v) is 3.82. The van der Waals surface area contributed by atoms with Crippen molar-refractivity contribution in [3.05, 3.63) is 71.9 Å². The lowest BCUT2D eigenvalue weighted by atomic mass is 10.1. The number of anilines is 1. The Morgan fingerprint density at radius 1 is 1.13 bits per heavy atom. The molecule has 0 radical (unpaired) electrons. The number of fused-ring (bicyclic) bond motifs is 1. The second-order valence-electron chi connectivity index (χ2n) is 8.09. The molecule has 1 aromatic carbocycles. The zero-order valence-corrected chi connectivity index (χ0v) is 16.7. The molecule has 6 nitrogen and oxygen atoms in total. The number of nitrogens with zero attached hydrogens (tertiary/aromatic N) is 4. The van der Waals surface area contributed by atoms with Crippen LogP contribution in [-0.2, 0) is 0 Å². The van der Waals surface area contributed by atoms with Crippen LogP contribution in [0, 0.1) is 5.82 Å². The van der Waals surface area contributed by atoms with Gasteiger partial charge in [-0.3, -0.25) is 4.98 Å². The summed E-state index contributed by atoms with van der Waals surface area (Å²) in [6.07, 6.45) is 5.64. The maximum absolute atomic E-state index is 13.8. The van der Waals surface area contributed by atoms with E-state index in [1.807, 2.05) is 28.9 Å². The van der Waals surface area contributed by atoms with E-state index in [4.69, 9.17) is 4.98 Å². The third-order valence-corrected chi connectivity index (χ3v) is 5.57. The van der Waals surface area contributed by atoms with Gasteiger partial charge in [-0.2, -0.15) is 9.61 Å². The van der Waals surface area contributed by atoms with E-state index in [-0.39, 0.29) is 17.7 Å². The van der Waals surface area contributed by atoms with E-state index in [9.17, 15) is 9.50 Å². The first kappa shape index (κ1) is 18.5. The number of nitrogens with one attached hydrogen (secondary N) is 1. The van der Waals surface area contributed by atoms with Gasteiger partial charge in [-0.25, -0.2) is 9.37 Å². The van der Waals surface area contributed by atoms with Crippen LogP contribution in [0.3, 0.4) is 0 Å². The highest BCUT2D eigenvalue weighted by Gasteiger charge is 2.39. The van der Waals surface area contributed by atoms with E-state index >= 15 is 0 Å².